The van der Waals surface area contributed by atoms with Crippen LogP contribution in [0.15, 0.2) is 6.20 Å². The number of piperidine rings is 1. The van der Waals surface area contributed by atoms with Crippen molar-refractivity contribution >= 4 is 0 Å². The fourth-order valence-corrected chi connectivity index (χ4v) is 2.82. The molecule has 2 heterocycles. The zero-order chi connectivity index (χ0) is 15.3. The predicted molar refractivity (Wildman–Crippen MR) is 86.1 cm³/mol. The van der Waals surface area contributed by atoms with Crippen LogP contribution in [-0.2, 0) is 13.1 Å². The normalized spacial score (nSPS) is 20.9. The molecule has 0 bridgehead atoms. The molecule has 1 aromatic rings. The maximum absolute atomic E-state index is 4.25. The van der Waals surface area contributed by atoms with Crippen LogP contribution < -0.4 is 5.32 Å². The maximum atomic E-state index is 4.25. The first-order valence-corrected chi connectivity index (χ1v) is 8.32. The molecule has 0 saturated carbocycles. The second-order valence-corrected chi connectivity index (χ2v) is 7.29. The lowest BCUT2D eigenvalue weighted by Crippen LogP contribution is -2.37. The highest BCUT2D eigenvalue weighted by molar-refractivity contribution is 4.93. The third-order valence-corrected chi connectivity index (χ3v) is 4.21. The van der Waals surface area contributed by atoms with Gasteiger partial charge in [0, 0.05) is 31.4 Å². The monoisotopic (exact) mass is 293 g/mol. The molecular formula is C16H31N5. The number of aromatic nitrogens is 3. The Balaban J connectivity index is 1.75. The summed E-state index contributed by atoms with van der Waals surface area (Å²) in [6.07, 6.45) is 6.12. The van der Waals surface area contributed by atoms with Gasteiger partial charge in [-0.05, 0) is 46.1 Å². The first-order valence-electron chi connectivity index (χ1n) is 8.32. The molecule has 5 nitrogen and oxygen atoms in total. The molecule has 0 spiro atoms. The summed E-state index contributed by atoms with van der Waals surface area (Å²) < 4.78 is 1.98. The molecule has 1 saturated heterocycles. The van der Waals surface area contributed by atoms with Crippen LogP contribution in [0.25, 0.3) is 0 Å². The van der Waals surface area contributed by atoms with E-state index < -0.39 is 0 Å². The van der Waals surface area contributed by atoms with Gasteiger partial charge in [-0.2, -0.15) is 0 Å². The molecule has 1 aliphatic heterocycles. The summed E-state index contributed by atoms with van der Waals surface area (Å²) in [5, 5.41) is 11.9. The third-order valence-electron chi connectivity index (χ3n) is 4.21. The summed E-state index contributed by atoms with van der Waals surface area (Å²) >= 11 is 0. The first kappa shape index (κ1) is 16.4. The summed E-state index contributed by atoms with van der Waals surface area (Å²) in [5.41, 5.74) is 1.14. The lowest BCUT2D eigenvalue weighted by Gasteiger charge is -2.32. The van der Waals surface area contributed by atoms with Gasteiger partial charge in [0.05, 0.1) is 12.2 Å². The smallest absolute Gasteiger partial charge is 0.0965 e. The largest absolute Gasteiger partial charge is 0.306 e. The molecule has 120 valence electrons. The van der Waals surface area contributed by atoms with Gasteiger partial charge in [-0.25, -0.2) is 0 Å². The van der Waals surface area contributed by atoms with Crippen LogP contribution in [0.3, 0.4) is 0 Å². The van der Waals surface area contributed by atoms with E-state index in [-0.39, 0.29) is 5.54 Å². The number of nitrogens with one attached hydrogen (secondary N) is 1. The quantitative estimate of drug-likeness (QED) is 0.874. The van der Waals surface area contributed by atoms with Crippen molar-refractivity contribution < 1.29 is 0 Å². The minimum atomic E-state index is 0.118. The summed E-state index contributed by atoms with van der Waals surface area (Å²) in [5.74, 6) is 0.890. The molecule has 1 unspecified atom stereocenters. The van der Waals surface area contributed by atoms with E-state index in [9.17, 15) is 0 Å². The molecular weight excluding hydrogens is 262 g/mol. The number of hydrogen-bond donors (Lipinski definition) is 1. The van der Waals surface area contributed by atoms with E-state index in [1.54, 1.807) is 0 Å². The molecule has 0 amide bonds. The van der Waals surface area contributed by atoms with Crippen LogP contribution in [0.2, 0.25) is 0 Å². The molecule has 0 aliphatic carbocycles. The summed E-state index contributed by atoms with van der Waals surface area (Å²) in [4.78, 5) is 2.58. The van der Waals surface area contributed by atoms with E-state index in [4.69, 9.17) is 0 Å². The van der Waals surface area contributed by atoms with E-state index in [1.165, 1.54) is 32.4 Å². The Kier molecular flexibility index (Phi) is 5.76. The average Bonchev–Trinajstić information content (AvgIpc) is 2.90. The second kappa shape index (κ2) is 7.36. The highest BCUT2D eigenvalue weighted by Gasteiger charge is 2.18. The molecule has 5 heteroatoms. The lowest BCUT2D eigenvalue weighted by atomic mass is 9.96. The van der Waals surface area contributed by atoms with Gasteiger partial charge in [-0.15, -0.1) is 5.10 Å². The Morgan fingerprint density at radius 3 is 2.86 bits per heavy atom. The predicted octanol–water partition coefficient (Wildman–Crippen LogP) is 2.29. The van der Waals surface area contributed by atoms with Gasteiger partial charge in [0.2, 0.25) is 0 Å². The van der Waals surface area contributed by atoms with Gasteiger partial charge in [0.1, 0.15) is 0 Å². The van der Waals surface area contributed by atoms with Crippen molar-refractivity contribution in [3.05, 3.63) is 11.9 Å². The van der Waals surface area contributed by atoms with Gasteiger partial charge in [-0.1, -0.05) is 18.6 Å². The second-order valence-electron chi connectivity index (χ2n) is 7.29. The van der Waals surface area contributed by atoms with E-state index in [0.717, 1.165) is 31.2 Å². The lowest BCUT2D eigenvalue weighted by molar-refractivity contribution is 0.164. The fraction of sp³-hybridized carbons (Fsp3) is 0.875. The van der Waals surface area contributed by atoms with Crippen molar-refractivity contribution in [2.24, 2.45) is 5.92 Å². The Morgan fingerprint density at radius 2 is 2.14 bits per heavy atom. The molecule has 1 fully saturated rings. The van der Waals surface area contributed by atoms with Gasteiger partial charge < -0.3 is 10.2 Å². The van der Waals surface area contributed by atoms with Crippen molar-refractivity contribution in [1.82, 2.24) is 25.2 Å². The van der Waals surface area contributed by atoms with Crippen molar-refractivity contribution in [2.75, 3.05) is 19.6 Å². The highest BCUT2D eigenvalue weighted by Crippen LogP contribution is 2.18. The van der Waals surface area contributed by atoms with E-state index in [2.05, 4.69) is 54.4 Å². The summed E-state index contributed by atoms with van der Waals surface area (Å²) in [7, 11) is 0. The SMILES string of the molecule is CCC1CCCN(CCn2cc(CNC(C)(C)C)nn2)C1. The number of hydrogen-bond acceptors (Lipinski definition) is 4. The van der Waals surface area contributed by atoms with E-state index in [0.29, 0.717) is 0 Å². The molecule has 0 radical (unpaired) electrons. The topological polar surface area (TPSA) is 46.0 Å². The zero-order valence-electron chi connectivity index (χ0n) is 14.1. The molecule has 1 aliphatic rings. The van der Waals surface area contributed by atoms with Crippen molar-refractivity contribution in [3.8, 4) is 0 Å². The van der Waals surface area contributed by atoms with Gasteiger partial charge >= 0.3 is 0 Å². The average molecular weight is 293 g/mol. The minimum Gasteiger partial charge on any atom is -0.306 e. The molecule has 21 heavy (non-hydrogen) atoms. The van der Waals surface area contributed by atoms with Crippen molar-refractivity contribution in [2.45, 2.75) is 65.6 Å². The first-order chi connectivity index (χ1) is 9.96. The molecule has 0 aromatic carbocycles. The molecule has 1 N–H and O–H groups in total. The van der Waals surface area contributed by atoms with E-state index >= 15 is 0 Å². The summed E-state index contributed by atoms with van der Waals surface area (Å²) in [6.45, 7) is 14.1. The van der Waals surface area contributed by atoms with Gasteiger partial charge in [-0.3, -0.25) is 4.68 Å². The Hall–Kier alpha value is -0.940. The fourth-order valence-electron chi connectivity index (χ4n) is 2.82. The Bertz CT molecular complexity index is 421. The van der Waals surface area contributed by atoms with Crippen molar-refractivity contribution in [3.63, 3.8) is 0 Å². The molecule has 1 aromatic heterocycles. The van der Waals surface area contributed by atoms with Gasteiger partial charge in [0.25, 0.3) is 0 Å². The third kappa shape index (κ3) is 5.75. The number of likely N-dealkylation sites (tertiary alicyclic amines) is 1. The van der Waals surface area contributed by atoms with E-state index in [1.807, 2.05) is 4.68 Å². The standard InChI is InChI=1S/C16H31N5/c1-5-14-7-6-8-20(12-14)9-10-21-13-15(18-19-21)11-17-16(2,3)4/h13-14,17H,5-12H2,1-4H3. The Morgan fingerprint density at radius 1 is 1.33 bits per heavy atom. The van der Waals surface area contributed by atoms with Crippen LogP contribution in [0.4, 0.5) is 0 Å². The number of rotatable bonds is 6. The molecule has 1 atom stereocenters. The molecule has 2 rings (SSSR count). The maximum Gasteiger partial charge on any atom is 0.0965 e. The van der Waals surface area contributed by atoms with Crippen LogP contribution >= 0.6 is 0 Å². The minimum absolute atomic E-state index is 0.118. The van der Waals surface area contributed by atoms with Gasteiger partial charge in [0.15, 0.2) is 0 Å². The number of nitrogens with zero attached hydrogens (tertiary/aromatic N) is 4. The highest BCUT2D eigenvalue weighted by atomic mass is 15.4. The van der Waals surface area contributed by atoms with Crippen LogP contribution in [0.1, 0.15) is 52.7 Å². The van der Waals surface area contributed by atoms with Crippen LogP contribution in [-0.4, -0.2) is 45.1 Å². The zero-order valence-corrected chi connectivity index (χ0v) is 14.1. The summed E-state index contributed by atoms with van der Waals surface area (Å²) in [6, 6.07) is 0. The van der Waals surface area contributed by atoms with Crippen LogP contribution in [0, 0.1) is 5.92 Å². The van der Waals surface area contributed by atoms with Crippen LogP contribution in [0.5, 0.6) is 0 Å². The van der Waals surface area contributed by atoms with Crippen molar-refractivity contribution in [1.29, 1.82) is 0 Å². The Labute approximate surface area is 129 Å².